The Bertz CT molecular complexity index is 885. The Morgan fingerprint density at radius 2 is 1.64 bits per heavy atom. The van der Waals surface area contributed by atoms with Gasteiger partial charge in [0.2, 0.25) is 5.91 Å². The molecular weight excluding hydrogens is 352 g/mol. The molecule has 1 saturated heterocycles. The van der Waals surface area contributed by atoms with Gasteiger partial charge in [-0.25, -0.2) is 0 Å². The van der Waals surface area contributed by atoms with Crippen LogP contribution in [0.4, 0.5) is 5.69 Å². The van der Waals surface area contributed by atoms with Crippen molar-refractivity contribution in [3.05, 3.63) is 59.2 Å². The van der Waals surface area contributed by atoms with Crippen molar-refractivity contribution in [3.8, 4) is 5.75 Å². The van der Waals surface area contributed by atoms with E-state index in [1.165, 1.54) is 11.1 Å². The fourth-order valence-corrected chi connectivity index (χ4v) is 4.20. The lowest BCUT2D eigenvalue weighted by Gasteiger charge is -2.36. The minimum Gasteiger partial charge on any atom is -0.506 e. The number of Topliss-reactive ketones (excluding diaryl/α,β-unsaturated/α-hetero) is 1. The largest absolute Gasteiger partial charge is 0.506 e. The van der Waals surface area contributed by atoms with Crippen LogP contribution in [-0.2, 0) is 17.6 Å². The summed E-state index contributed by atoms with van der Waals surface area (Å²) in [6.07, 6.45) is 3.84. The molecule has 0 saturated carbocycles. The monoisotopic (exact) mass is 378 g/mol. The summed E-state index contributed by atoms with van der Waals surface area (Å²) in [5.74, 6) is 0.351. The van der Waals surface area contributed by atoms with Crippen LogP contribution in [0, 0.1) is 0 Å². The molecule has 0 unspecified atom stereocenters. The summed E-state index contributed by atoms with van der Waals surface area (Å²) >= 11 is 0. The Labute approximate surface area is 165 Å². The van der Waals surface area contributed by atoms with Crippen molar-refractivity contribution >= 4 is 17.4 Å². The molecule has 0 radical (unpaired) electrons. The normalized spacial score (nSPS) is 16.1. The molecule has 0 bridgehead atoms. The third kappa shape index (κ3) is 3.88. The summed E-state index contributed by atoms with van der Waals surface area (Å²) in [6, 6.07) is 13.3. The summed E-state index contributed by atoms with van der Waals surface area (Å²) in [5.41, 5.74) is 4.19. The van der Waals surface area contributed by atoms with E-state index in [0.717, 1.165) is 30.5 Å². The number of anilines is 1. The minimum absolute atomic E-state index is 0.0337. The van der Waals surface area contributed by atoms with Gasteiger partial charge in [-0.1, -0.05) is 24.3 Å². The van der Waals surface area contributed by atoms with Crippen LogP contribution in [0.2, 0.25) is 0 Å². The van der Waals surface area contributed by atoms with Crippen LogP contribution in [0.15, 0.2) is 42.5 Å². The van der Waals surface area contributed by atoms with E-state index in [1.54, 1.807) is 12.1 Å². The number of para-hydroxylation sites is 2. The molecule has 5 nitrogen and oxygen atoms in total. The molecule has 28 heavy (non-hydrogen) atoms. The number of rotatable bonds is 5. The Morgan fingerprint density at radius 1 is 0.893 bits per heavy atom. The van der Waals surface area contributed by atoms with Crippen molar-refractivity contribution in [2.45, 2.75) is 32.1 Å². The number of phenols is 1. The Hall–Kier alpha value is -2.82. The summed E-state index contributed by atoms with van der Waals surface area (Å²) in [7, 11) is 0. The van der Waals surface area contributed by atoms with Gasteiger partial charge in [0.05, 0.1) is 5.69 Å². The first kappa shape index (κ1) is 18.5. The first-order chi connectivity index (χ1) is 13.6. The molecule has 1 amide bonds. The van der Waals surface area contributed by atoms with Gasteiger partial charge in [-0.15, -0.1) is 0 Å². The van der Waals surface area contributed by atoms with Crippen LogP contribution in [0.1, 0.15) is 40.7 Å². The zero-order valence-corrected chi connectivity index (χ0v) is 16.1. The zero-order chi connectivity index (χ0) is 19.5. The number of carbonyl (C=O) groups is 2. The number of carbonyl (C=O) groups excluding carboxylic acids is 2. The van der Waals surface area contributed by atoms with Crippen molar-refractivity contribution in [2.24, 2.45) is 0 Å². The van der Waals surface area contributed by atoms with Crippen LogP contribution in [-0.4, -0.2) is 47.9 Å². The van der Waals surface area contributed by atoms with E-state index < -0.39 is 0 Å². The molecule has 2 aromatic rings. The summed E-state index contributed by atoms with van der Waals surface area (Å²) in [6.45, 7) is 2.59. The first-order valence-electron chi connectivity index (χ1n) is 10.1. The van der Waals surface area contributed by atoms with Gasteiger partial charge in [0.15, 0.2) is 5.78 Å². The van der Waals surface area contributed by atoms with E-state index >= 15 is 0 Å². The molecule has 1 heterocycles. The number of aromatic hydroxyl groups is 1. The van der Waals surface area contributed by atoms with Crippen molar-refractivity contribution in [3.63, 3.8) is 0 Å². The second-order valence-corrected chi connectivity index (χ2v) is 7.62. The lowest BCUT2D eigenvalue weighted by molar-refractivity contribution is -0.131. The van der Waals surface area contributed by atoms with Gasteiger partial charge in [-0.05, 0) is 48.6 Å². The van der Waals surface area contributed by atoms with Gasteiger partial charge in [0.1, 0.15) is 5.75 Å². The van der Waals surface area contributed by atoms with Crippen molar-refractivity contribution < 1.29 is 14.7 Å². The number of hydrogen-bond donors (Lipinski definition) is 1. The van der Waals surface area contributed by atoms with E-state index in [9.17, 15) is 14.7 Å². The molecule has 1 aliphatic heterocycles. The molecule has 0 spiro atoms. The average molecular weight is 378 g/mol. The van der Waals surface area contributed by atoms with E-state index in [1.807, 2.05) is 29.2 Å². The molecule has 1 aliphatic carbocycles. The highest BCUT2D eigenvalue weighted by Gasteiger charge is 2.23. The van der Waals surface area contributed by atoms with Crippen LogP contribution in [0.3, 0.4) is 0 Å². The number of piperazine rings is 1. The van der Waals surface area contributed by atoms with Crippen LogP contribution in [0.5, 0.6) is 5.75 Å². The lowest BCUT2D eigenvalue weighted by atomic mass is 10.0. The lowest BCUT2D eigenvalue weighted by Crippen LogP contribution is -2.48. The summed E-state index contributed by atoms with van der Waals surface area (Å²) in [4.78, 5) is 29.0. The van der Waals surface area contributed by atoms with Crippen molar-refractivity contribution in [1.29, 1.82) is 0 Å². The van der Waals surface area contributed by atoms with Gasteiger partial charge < -0.3 is 14.9 Å². The van der Waals surface area contributed by atoms with E-state index in [0.29, 0.717) is 26.2 Å². The van der Waals surface area contributed by atoms with E-state index in [4.69, 9.17) is 0 Å². The molecule has 146 valence electrons. The quantitative estimate of drug-likeness (QED) is 0.812. The molecular formula is C23H26N2O3. The third-order valence-corrected chi connectivity index (χ3v) is 5.84. The fraction of sp³-hybridized carbons (Fsp3) is 0.391. The van der Waals surface area contributed by atoms with Gasteiger partial charge in [-0.2, -0.15) is 0 Å². The highest BCUT2D eigenvalue weighted by molar-refractivity contribution is 5.98. The second-order valence-electron chi connectivity index (χ2n) is 7.62. The number of ketones is 1. The minimum atomic E-state index is 0.0337. The molecule has 1 fully saturated rings. The van der Waals surface area contributed by atoms with Crippen molar-refractivity contribution in [2.75, 3.05) is 31.1 Å². The standard InChI is InChI=1S/C23H26N2O3/c26-21(19-9-8-17-4-3-5-18(17)16-19)10-11-23(28)25-14-12-24(13-15-25)20-6-1-2-7-22(20)27/h1-2,6-9,16,27H,3-5,10-15H2. The fourth-order valence-electron chi connectivity index (χ4n) is 4.20. The number of aryl methyl sites for hydroxylation is 2. The topological polar surface area (TPSA) is 60.9 Å². The first-order valence-corrected chi connectivity index (χ1v) is 10.1. The Kier molecular flexibility index (Phi) is 5.33. The maximum absolute atomic E-state index is 12.5. The SMILES string of the molecule is O=C(CCC(=O)N1CCN(c2ccccc2O)CC1)c1ccc2c(c1)CCC2. The third-order valence-electron chi connectivity index (χ3n) is 5.84. The number of fused-ring (bicyclic) bond motifs is 1. The van der Waals surface area contributed by atoms with Crippen molar-refractivity contribution in [1.82, 2.24) is 4.90 Å². The average Bonchev–Trinajstić information content (AvgIpc) is 3.20. The highest BCUT2D eigenvalue weighted by Crippen LogP contribution is 2.27. The molecule has 5 heteroatoms. The maximum atomic E-state index is 12.5. The predicted octanol–water partition coefficient (Wildman–Crippen LogP) is 3.19. The summed E-state index contributed by atoms with van der Waals surface area (Å²) in [5, 5.41) is 9.99. The number of amides is 1. The predicted molar refractivity (Wildman–Crippen MR) is 109 cm³/mol. The summed E-state index contributed by atoms with van der Waals surface area (Å²) < 4.78 is 0. The van der Waals surface area contributed by atoms with E-state index in [2.05, 4.69) is 11.0 Å². The zero-order valence-electron chi connectivity index (χ0n) is 16.1. The molecule has 1 N–H and O–H groups in total. The van der Waals surface area contributed by atoms with Gasteiger partial charge >= 0.3 is 0 Å². The van der Waals surface area contributed by atoms with Crippen LogP contribution in [0.25, 0.3) is 0 Å². The molecule has 4 rings (SSSR count). The molecule has 2 aliphatic rings. The molecule has 0 aromatic heterocycles. The highest BCUT2D eigenvalue weighted by atomic mass is 16.3. The number of nitrogens with zero attached hydrogens (tertiary/aromatic N) is 2. The number of hydrogen-bond acceptors (Lipinski definition) is 4. The molecule has 0 atom stereocenters. The van der Waals surface area contributed by atoms with Gasteiger partial charge in [-0.3, -0.25) is 9.59 Å². The number of benzene rings is 2. The Morgan fingerprint density at radius 3 is 2.43 bits per heavy atom. The van der Waals surface area contributed by atoms with Crippen LogP contribution < -0.4 is 4.90 Å². The molecule has 2 aromatic carbocycles. The van der Waals surface area contributed by atoms with Gasteiger partial charge in [0.25, 0.3) is 0 Å². The number of phenolic OH excluding ortho intramolecular Hbond substituents is 1. The smallest absolute Gasteiger partial charge is 0.223 e. The maximum Gasteiger partial charge on any atom is 0.223 e. The van der Waals surface area contributed by atoms with E-state index in [-0.39, 0.29) is 30.3 Å². The Balaban J connectivity index is 1.28. The second kappa shape index (κ2) is 8.05. The van der Waals surface area contributed by atoms with Crippen LogP contribution >= 0.6 is 0 Å². The van der Waals surface area contributed by atoms with Gasteiger partial charge in [0, 0.05) is 44.6 Å².